The number of piperazine rings is 1. The normalized spacial score (nSPS) is 14.9. The van der Waals surface area contributed by atoms with Crippen molar-refractivity contribution in [3.63, 3.8) is 0 Å². The minimum Gasteiger partial charge on any atom is -0.369 e. The van der Waals surface area contributed by atoms with Crippen molar-refractivity contribution < 1.29 is 0 Å². The summed E-state index contributed by atoms with van der Waals surface area (Å²) in [7, 11) is 1.83. The zero-order chi connectivity index (χ0) is 21.2. The number of hydrogen-bond acceptors (Lipinski definition) is 5. The number of hydrogen-bond donors (Lipinski definition) is 2. The Balaban J connectivity index is 0.00000341. The molecule has 1 saturated heterocycles. The van der Waals surface area contributed by atoms with E-state index in [1.165, 1.54) is 21.1 Å². The number of thiazole rings is 1. The van der Waals surface area contributed by atoms with Crippen LogP contribution in [0, 0.1) is 6.92 Å². The predicted octanol–water partition coefficient (Wildman–Crippen LogP) is 3.55. The molecule has 1 aromatic carbocycles. The first-order valence-corrected chi connectivity index (χ1v) is 11.9. The highest BCUT2D eigenvalue weighted by Crippen LogP contribution is 2.17. The molecule has 0 bridgehead atoms. The topological polar surface area (TPSA) is 55.8 Å². The van der Waals surface area contributed by atoms with Crippen LogP contribution in [0.3, 0.4) is 0 Å². The van der Waals surface area contributed by atoms with Crippen LogP contribution in [0.2, 0.25) is 0 Å². The molecule has 2 N–H and O–H groups in total. The average molecular weight is 557 g/mol. The van der Waals surface area contributed by atoms with Gasteiger partial charge in [0.15, 0.2) is 5.96 Å². The summed E-state index contributed by atoms with van der Waals surface area (Å²) < 4.78 is 0. The standard InChI is InChI=1S/C23H36N6S.HI/c1-4-21-18-27-22(30-21)9-11-26-23(24-3)25-10-6-12-28-13-15-29(16-14-28)20-8-5-7-19(2)17-20;/h5,7-8,17-18H,4,6,9-16H2,1-3H3,(H2,24,25,26);1H. The molecule has 2 aromatic rings. The molecule has 1 aliphatic heterocycles. The number of rotatable bonds is 9. The number of benzene rings is 1. The minimum absolute atomic E-state index is 0. The van der Waals surface area contributed by atoms with E-state index in [0.29, 0.717) is 0 Å². The van der Waals surface area contributed by atoms with Crippen LogP contribution in [-0.2, 0) is 12.8 Å². The highest BCUT2D eigenvalue weighted by Gasteiger charge is 2.16. The van der Waals surface area contributed by atoms with E-state index in [9.17, 15) is 0 Å². The summed E-state index contributed by atoms with van der Waals surface area (Å²) in [6.07, 6.45) is 5.12. The molecule has 0 unspecified atom stereocenters. The fraction of sp³-hybridized carbons (Fsp3) is 0.565. The fourth-order valence-corrected chi connectivity index (χ4v) is 4.56. The van der Waals surface area contributed by atoms with Gasteiger partial charge in [-0.3, -0.25) is 9.89 Å². The van der Waals surface area contributed by atoms with Gasteiger partial charge in [-0.2, -0.15) is 0 Å². The van der Waals surface area contributed by atoms with E-state index in [4.69, 9.17) is 0 Å². The van der Waals surface area contributed by atoms with Crippen molar-refractivity contribution >= 4 is 47.0 Å². The van der Waals surface area contributed by atoms with Crippen LogP contribution >= 0.6 is 35.3 Å². The molecule has 0 spiro atoms. The molecule has 6 nitrogen and oxygen atoms in total. The predicted molar refractivity (Wildman–Crippen MR) is 144 cm³/mol. The summed E-state index contributed by atoms with van der Waals surface area (Å²) in [6.45, 7) is 11.7. The number of nitrogens with zero attached hydrogens (tertiary/aromatic N) is 4. The molecule has 2 heterocycles. The molecule has 0 radical (unpaired) electrons. The zero-order valence-electron chi connectivity index (χ0n) is 19.1. The van der Waals surface area contributed by atoms with Crippen molar-refractivity contribution in [3.05, 3.63) is 45.9 Å². The summed E-state index contributed by atoms with van der Waals surface area (Å²) in [5.41, 5.74) is 2.69. The maximum atomic E-state index is 4.48. The highest BCUT2D eigenvalue weighted by molar-refractivity contribution is 14.0. The summed E-state index contributed by atoms with van der Waals surface area (Å²) in [6, 6.07) is 8.83. The largest absolute Gasteiger partial charge is 0.369 e. The second-order valence-corrected chi connectivity index (χ2v) is 8.97. The van der Waals surface area contributed by atoms with Gasteiger partial charge in [0.2, 0.25) is 0 Å². The Labute approximate surface area is 208 Å². The summed E-state index contributed by atoms with van der Waals surface area (Å²) in [4.78, 5) is 15.2. The smallest absolute Gasteiger partial charge is 0.190 e. The number of aromatic nitrogens is 1. The van der Waals surface area contributed by atoms with E-state index in [1.807, 2.05) is 24.6 Å². The number of nitrogens with one attached hydrogen (secondary N) is 2. The van der Waals surface area contributed by atoms with Crippen LogP contribution in [0.1, 0.15) is 28.8 Å². The fourth-order valence-electron chi connectivity index (χ4n) is 3.70. The molecule has 8 heteroatoms. The molecule has 0 amide bonds. The van der Waals surface area contributed by atoms with Crippen LogP contribution in [0.25, 0.3) is 0 Å². The number of aryl methyl sites for hydroxylation is 2. The number of anilines is 1. The third-order valence-corrected chi connectivity index (χ3v) is 6.69. The van der Waals surface area contributed by atoms with Gasteiger partial charge in [0.05, 0.1) is 5.01 Å². The van der Waals surface area contributed by atoms with E-state index in [2.05, 4.69) is 68.5 Å². The van der Waals surface area contributed by atoms with Gasteiger partial charge >= 0.3 is 0 Å². The number of halogens is 1. The molecule has 3 rings (SSSR count). The van der Waals surface area contributed by atoms with Crippen LogP contribution in [0.15, 0.2) is 35.5 Å². The van der Waals surface area contributed by atoms with Crippen LogP contribution in [0.4, 0.5) is 5.69 Å². The van der Waals surface area contributed by atoms with Crippen LogP contribution < -0.4 is 15.5 Å². The summed E-state index contributed by atoms with van der Waals surface area (Å²) in [5, 5.41) is 8.03. The third-order valence-electron chi connectivity index (χ3n) is 5.49. The first-order valence-electron chi connectivity index (χ1n) is 11.1. The molecule has 0 aliphatic carbocycles. The number of aliphatic imine (C=N–C) groups is 1. The Morgan fingerprint density at radius 2 is 1.94 bits per heavy atom. The molecule has 1 fully saturated rings. The van der Waals surface area contributed by atoms with Crippen molar-refractivity contribution in [2.45, 2.75) is 33.1 Å². The first-order chi connectivity index (χ1) is 14.7. The van der Waals surface area contributed by atoms with Gasteiger partial charge < -0.3 is 15.5 Å². The van der Waals surface area contributed by atoms with E-state index in [0.717, 1.165) is 71.0 Å². The monoisotopic (exact) mass is 556 g/mol. The molecule has 31 heavy (non-hydrogen) atoms. The molecule has 0 saturated carbocycles. The minimum atomic E-state index is 0. The van der Waals surface area contributed by atoms with Gasteiger partial charge in [0.25, 0.3) is 0 Å². The quantitative estimate of drug-likeness (QED) is 0.214. The first kappa shape index (κ1) is 25.9. The zero-order valence-corrected chi connectivity index (χ0v) is 22.2. The third kappa shape index (κ3) is 8.57. The van der Waals surface area contributed by atoms with Crippen molar-refractivity contribution in [2.24, 2.45) is 4.99 Å². The lowest BCUT2D eigenvalue weighted by Gasteiger charge is -2.36. The molecule has 1 aliphatic rings. The molecule has 0 atom stereocenters. The van der Waals surface area contributed by atoms with Crippen molar-refractivity contribution in [2.75, 3.05) is 57.8 Å². The van der Waals surface area contributed by atoms with E-state index >= 15 is 0 Å². The molecule has 172 valence electrons. The van der Waals surface area contributed by atoms with Crippen molar-refractivity contribution in [1.82, 2.24) is 20.5 Å². The van der Waals surface area contributed by atoms with Crippen molar-refractivity contribution in [3.8, 4) is 0 Å². The lowest BCUT2D eigenvalue weighted by atomic mass is 10.2. The Bertz CT molecular complexity index is 801. The second kappa shape index (κ2) is 13.9. The Hall–Kier alpha value is -1.39. The van der Waals surface area contributed by atoms with Gasteiger partial charge in [0, 0.05) is 69.5 Å². The van der Waals surface area contributed by atoms with E-state index in [-0.39, 0.29) is 24.0 Å². The molecular weight excluding hydrogens is 519 g/mol. The summed E-state index contributed by atoms with van der Waals surface area (Å²) in [5.74, 6) is 0.881. The Morgan fingerprint density at radius 3 is 2.61 bits per heavy atom. The molecule has 1 aromatic heterocycles. The highest BCUT2D eigenvalue weighted by atomic mass is 127. The van der Waals surface area contributed by atoms with Crippen LogP contribution in [0.5, 0.6) is 0 Å². The lowest BCUT2D eigenvalue weighted by Crippen LogP contribution is -2.47. The van der Waals surface area contributed by atoms with Gasteiger partial charge in [-0.1, -0.05) is 19.1 Å². The van der Waals surface area contributed by atoms with E-state index in [1.54, 1.807) is 0 Å². The maximum Gasteiger partial charge on any atom is 0.190 e. The molecular formula is C23H37IN6S. The van der Waals surface area contributed by atoms with E-state index < -0.39 is 0 Å². The van der Waals surface area contributed by atoms with Gasteiger partial charge in [-0.25, -0.2) is 4.98 Å². The van der Waals surface area contributed by atoms with Gasteiger partial charge in [-0.05, 0) is 44.0 Å². The Morgan fingerprint density at radius 1 is 1.16 bits per heavy atom. The second-order valence-electron chi connectivity index (χ2n) is 7.77. The lowest BCUT2D eigenvalue weighted by molar-refractivity contribution is 0.255. The Kier molecular flexibility index (Phi) is 11.6. The van der Waals surface area contributed by atoms with Gasteiger partial charge in [-0.15, -0.1) is 35.3 Å². The summed E-state index contributed by atoms with van der Waals surface area (Å²) >= 11 is 1.81. The average Bonchev–Trinajstić information content (AvgIpc) is 3.24. The number of guanidine groups is 1. The van der Waals surface area contributed by atoms with Gasteiger partial charge in [0.1, 0.15) is 0 Å². The maximum absolute atomic E-state index is 4.48. The van der Waals surface area contributed by atoms with Crippen molar-refractivity contribution in [1.29, 1.82) is 0 Å². The van der Waals surface area contributed by atoms with Crippen LogP contribution in [-0.4, -0.2) is 68.7 Å². The SMILES string of the molecule is CCc1cnc(CCNC(=NC)NCCCN2CCN(c3cccc(C)c3)CC2)s1.I.